The van der Waals surface area contributed by atoms with Crippen molar-refractivity contribution < 1.29 is 5.32 Å². The summed E-state index contributed by atoms with van der Waals surface area (Å²) in [4.78, 5) is 4.39. The topological polar surface area (TPSA) is 16.6 Å². The zero-order valence-electron chi connectivity index (χ0n) is 8.90. The van der Waals surface area contributed by atoms with Gasteiger partial charge in [-0.25, -0.2) is 0 Å². The lowest BCUT2D eigenvalue weighted by atomic mass is 10.3. The second-order valence-electron chi connectivity index (χ2n) is 3.62. The van der Waals surface area contributed by atoms with Gasteiger partial charge >= 0.3 is 0 Å². The number of quaternary nitrogens is 1. The van der Waals surface area contributed by atoms with Gasteiger partial charge in [-0.15, -0.1) is 22.7 Å². The Labute approximate surface area is 98.8 Å². The molecular weight excluding hydrogens is 222 g/mol. The van der Waals surface area contributed by atoms with E-state index in [4.69, 9.17) is 0 Å². The highest BCUT2D eigenvalue weighted by molar-refractivity contribution is 7.11. The maximum absolute atomic E-state index is 2.39. The first-order valence-corrected chi connectivity index (χ1v) is 6.93. The highest BCUT2D eigenvalue weighted by Gasteiger charge is 1.99. The molecule has 0 atom stereocenters. The number of rotatable bonds is 5. The van der Waals surface area contributed by atoms with Crippen LogP contribution in [-0.2, 0) is 13.0 Å². The molecule has 1 nitrogen and oxygen atoms in total. The molecule has 80 valence electrons. The van der Waals surface area contributed by atoms with Gasteiger partial charge in [0.15, 0.2) is 0 Å². The second kappa shape index (κ2) is 5.45. The van der Waals surface area contributed by atoms with Crippen LogP contribution in [0.15, 0.2) is 29.6 Å². The fraction of sp³-hybridized carbons (Fsp3) is 0.333. The highest BCUT2D eigenvalue weighted by atomic mass is 32.1. The molecule has 0 aliphatic heterocycles. The summed E-state index contributed by atoms with van der Waals surface area (Å²) in [6.07, 6.45) is 1.20. The molecule has 2 aromatic heterocycles. The van der Waals surface area contributed by atoms with Crippen molar-refractivity contribution in [3.63, 3.8) is 0 Å². The van der Waals surface area contributed by atoms with Crippen LogP contribution in [0.5, 0.6) is 0 Å². The monoisotopic (exact) mass is 238 g/mol. The van der Waals surface area contributed by atoms with Crippen molar-refractivity contribution in [2.24, 2.45) is 0 Å². The lowest BCUT2D eigenvalue weighted by Gasteiger charge is -1.98. The second-order valence-corrected chi connectivity index (χ2v) is 6.03. The smallest absolute Gasteiger partial charge is 0.111 e. The van der Waals surface area contributed by atoms with E-state index >= 15 is 0 Å². The zero-order chi connectivity index (χ0) is 10.5. The minimum Gasteiger partial charge on any atom is -0.342 e. The summed E-state index contributed by atoms with van der Waals surface area (Å²) in [6, 6.07) is 8.78. The van der Waals surface area contributed by atoms with Crippen molar-refractivity contribution in [1.82, 2.24) is 0 Å². The number of hydrogen-bond acceptors (Lipinski definition) is 2. The number of aryl methyl sites for hydroxylation is 1. The van der Waals surface area contributed by atoms with Crippen molar-refractivity contribution in [2.75, 3.05) is 6.54 Å². The molecule has 2 rings (SSSR count). The maximum atomic E-state index is 2.39. The molecule has 0 bridgehead atoms. The summed E-state index contributed by atoms with van der Waals surface area (Å²) < 4.78 is 0. The van der Waals surface area contributed by atoms with Crippen LogP contribution < -0.4 is 5.32 Å². The third kappa shape index (κ3) is 3.45. The third-order valence-electron chi connectivity index (χ3n) is 2.32. The lowest BCUT2D eigenvalue weighted by Crippen LogP contribution is -2.82. The Morgan fingerprint density at radius 3 is 2.80 bits per heavy atom. The summed E-state index contributed by atoms with van der Waals surface area (Å²) >= 11 is 3.76. The van der Waals surface area contributed by atoms with Gasteiger partial charge in [0.1, 0.15) is 6.54 Å². The van der Waals surface area contributed by atoms with Crippen molar-refractivity contribution >= 4 is 22.7 Å². The number of hydrogen-bond donors (Lipinski definition) is 1. The summed E-state index contributed by atoms with van der Waals surface area (Å²) in [5.41, 5.74) is 0. The quantitative estimate of drug-likeness (QED) is 0.771. The molecule has 0 aromatic carbocycles. The Kier molecular flexibility index (Phi) is 3.94. The first-order valence-electron chi connectivity index (χ1n) is 5.24. The summed E-state index contributed by atoms with van der Waals surface area (Å²) in [5.74, 6) is 0. The average Bonchev–Trinajstić information content (AvgIpc) is 2.84. The van der Waals surface area contributed by atoms with Crippen LogP contribution in [-0.4, -0.2) is 6.54 Å². The van der Waals surface area contributed by atoms with Gasteiger partial charge in [0.2, 0.25) is 0 Å². The fourth-order valence-corrected chi connectivity index (χ4v) is 3.15. The van der Waals surface area contributed by atoms with Gasteiger partial charge in [-0.2, -0.15) is 0 Å². The van der Waals surface area contributed by atoms with E-state index in [-0.39, 0.29) is 0 Å². The molecule has 2 heterocycles. The molecule has 0 radical (unpaired) electrons. The molecule has 0 saturated carbocycles. The molecule has 0 aliphatic carbocycles. The number of thiophene rings is 2. The van der Waals surface area contributed by atoms with Crippen molar-refractivity contribution in [1.29, 1.82) is 0 Å². The van der Waals surface area contributed by atoms with Gasteiger partial charge in [-0.1, -0.05) is 6.07 Å². The van der Waals surface area contributed by atoms with E-state index in [2.05, 4.69) is 41.9 Å². The summed E-state index contributed by atoms with van der Waals surface area (Å²) in [6.45, 7) is 4.49. The van der Waals surface area contributed by atoms with Crippen molar-refractivity contribution in [3.05, 3.63) is 44.3 Å². The van der Waals surface area contributed by atoms with Crippen molar-refractivity contribution in [3.8, 4) is 0 Å². The van der Waals surface area contributed by atoms with E-state index < -0.39 is 0 Å². The van der Waals surface area contributed by atoms with Gasteiger partial charge in [0.05, 0.1) is 11.4 Å². The Balaban J connectivity index is 1.67. The maximum Gasteiger partial charge on any atom is 0.111 e. The number of nitrogens with two attached hydrogens (primary N) is 1. The lowest BCUT2D eigenvalue weighted by molar-refractivity contribution is -0.669. The normalized spacial score (nSPS) is 10.7. The van der Waals surface area contributed by atoms with Crippen molar-refractivity contribution in [2.45, 2.75) is 19.9 Å². The average molecular weight is 238 g/mol. The Morgan fingerprint density at radius 2 is 2.13 bits per heavy atom. The molecule has 2 aromatic rings. The largest absolute Gasteiger partial charge is 0.342 e. The third-order valence-corrected chi connectivity index (χ3v) is 4.28. The molecule has 0 unspecified atom stereocenters. The first kappa shape index (κ1) is 10.9. The summed E-state index contributed by atoms with van der Waals surface area (Å²) in [7, 11) is 0. The van der Waals surface area contributed by atoms with E-state index in [0.29, 0.717) is 0 Å². The summed E-state index contributed by atoms with van der Waals surface area (Å²) in [5, 5.41) is 4.54. The molecule has 3 heteroatoms. The van der Waals surface area contributed by atoms with Gasteiger partial charge in [0.25, 0.3) is 0 Å². The van der Waals surface area contributed by atoms with E-state index in [1.54, 1.807) is 0 Å². The van der Waals surface area contributed by atoms with E-state index in [9.17, 15) is 0 Å². The molecular formula is C12H16NS2+. The van der Waals surface area contributed by atoms with Crippen LogP contribution in [0.3, 0.4) is 0 Å². The zero-order valence-corrected chi connectivity index (χ0v) is 10.5. The van der Waals surface area contributed by atoms with Crippen LogP contribution >= 0.6 is 22.7 Å². The fourth-order valence-electron chi connectivity index (χ4n) is 1.54. The SMILES string of the molecule is Cc1ccc(C[NH2+]CCc2cccs2)s1. The van der Waals surface area contributed by atoms with Crippen LogP contribution in [0.1, 0.15) is 14.6 Å². The molecule has 0 saturated heterocycles. The molecule has 0 fully saturated rings. The molecule has 15 heavy (non-hydrogen) atoms. The predicted octanol–water partition coefficient (Wildman–Crippen LogP) is 2.42. The molecule has 2 N–H and O–H groups in total. The molecule has 0 aliphatic rings. The standard InChI is InChI=1S/C12H15NS2/c1-10-4-5-12(15-10)9-13-7-6-11-3-2-8-14-11/h2-5,8,13H,6-7,9H2,1H3/p+1. The van der Waals surface area contributed by atoms with Crippen LogP contribution in [0, 0.1) is 6.92 Å². The van der Waals surface area contributed by atoms with E-state index in [1.807, 2.05) is 22.7 Å². The van der Waals surface area contributed by atoms with E-state index in [1.165, 1.54) is 27.6 Å². The van der Waals surface area contributed by atoms with Gasteiger partial charge in [-0.05, 0) is 30.5 Å². The van der Waals surface area contributed by atoms with Crippen LogP contribution in [0.25, 0.3) is 0 Å². The van der Waals surface area contributed by atoms with Crippen LogP contribution in [0.2, 0.25) is 0 Å². The Bertz CT molecular complexity index is 389. The van der Waals surface area contributed by atoms with Gasteiger partial charge in [-0.3, -0.25) is 0 Å². The Morgan fingerprint density at radius 1 is 1.20 bits per heavy atom. The molecule has 0 spiro atoms. The van der Waals surface area contributed by atoms with E-state index in [0.717, 1.165) is 6.54 Å². The highest BCUT2D eigenvalue weighted by Crippen LogP contribution is 2.13. The predicted molar refractivity (Wildman–Crippen MR) is 67.6 cm³/mol. The first-order chi connectivity index (χ1) is 7.34. The van der Waals surface area contributed by atoms with Gasteiger partial charge < -0.3 is 5.32 Å². The minimum atomic E-state index is 1.13. The Hall–Kier alpha value is -0.640. The minimum absolute atomic E-state index is 1.13. The molecule has 0 amide bonds. The van der Waals surface area contributed by atoms with Gasteiger partial charge in [0, 0.05) is 16.2 Å². The van der Waals surface area contributed by atoms with Crippen LogP contribution in [0.4, 0.5) is 0 Å².